The molecule has 0 spiro atoms. The van der Waals surface area contributed by atoms with Crippen LogP contribution in [-0.4, -0.2) is 21.4 Å². The van der Waals surface area contributed by atoms with Crippen LogP contribution in [0.25, 0.3) is 23.0 Å². The molecular formula is C19H13ClN2O2. The van der Waals surface area contributed by atoms with Gasteiger partial charge in [-0.15, -0.1) is 0 Å². The molecule has 3 rings (SSSR count). The summed E-state index contributed by atoms with van der Waals surface area (Å²) in [5.41, 5.74) is 2.73. The molecule has 0 amide bonds. The summed E-state index contributed by atoms with van der Waals surface area (Å²) in [6.07, 6.45) is 6.91. The summed E-state index contributed by atoms with van der Waals surface area (Å²) in [5.74, 6) is 0.00399. The number of carbonyl (C=O) groups is 1. The van der Waals surface area contributed by atoms with Gasteiger partial charge in [0, 0.05) is 46.4 Å². The Hall–Kier alpha value is -2.98. The van der Waals surface area contributed by atoms with Crippen molar-refractivity contribution in [2.75, 3.05) is 0 Å². The Labute approximate surface area is 144 Å². The van der Waals surface area contributed by atoms with Crippen LogP contribution >= 0.6 is 11.6 Å². The van der Waals surface area contributed by atoms with Gasteiger partial charge < -0.3 is 5.11 Å². The topological polar surface area (TPSA) is 63.1 Å². The van der Waals surface area contributed by atoms with Gasteiger partial charge in [-0.1, -0.05) is 29.8 Å². The lowest BCUT2D eigenvalue weighted by molar-refractivity contribution is 0.112. The van der Waals surface area contributed by atoms with Gasteiger partial charge in [-0.25, -0.2) is 0 Å². The maximum Gasteiger partial charge on any atom is 0.152 e. The van der Waals surface area contributed by atoms with Crippen LogP contribution in [0.15, 0.2) is 61.1 Å². The van der Waals surface area contributed by atoms with Gasteiger partial charge in [0.2, 0.25) is 0 Å². The maximum absolute atomic E-state index is 11.6. The molecular weight excluding hydrogens is 324 g/mol. The molecule has 0 bridgehead atoms. The Morgan fingerprint density at radius 3 is 2.46 bits per heavy atom. The standard InChI is InChI=1S/C19H13ClN2O2/c20-17-4-2-1-3-15(17)14-7-10-22-18(16(14)12-23)11-19(24)13-5-8-21-9-6-13/h1-12,24H. The highest BCUT2D eigenvalue weighted by Crippen LogP contribution is 2.31. The molecule has 1 N–H and O–H groups in total. The molecule has 118 valence electrons. The molecule has 0 unspecified atom stereocenters. The lowest BCUT2D eigenvalue weighted by Gasteiger charge is -2.09. The largest absolute Gasteiger partial charge is 0.507 e. The van der Waals surface area contributed by atoms with Gasteiger partial charge >= 0.3 is 0 Å². The number of benzene rings is 1. The summed E-state index contributed by atoms with van der Waals surface area (Å²) < 4.78 is 0. The Morgan fingerprint density at radius 2 is 1.75 bits per heavy atom. The summed E-state index contributed by atoms with van der Waals surface area (Å²) in [6, 6.07) is 12.3. The number of hydrogen-bond acceptors (Lipinski definition) is 4. The van der Waals surface area contributed by atoms with Crippen LogP contribution in [0.2, 0.25) is 5.02 Å². The van der Waals surface area contributed by atoms with Crippen molar-refractivity contribution in [3.05, 3.63) is 82.9 Å². The molecule has 0 atom stereocenters. The van der Waals surface area contributed by atoms with Gasteiger partial charge in [0.05, 0.1) is 5.69 Å². The van der Waals surface area contributed by atoms with Gasteiger partial charge in [0.25, 0.3) is 0 Å². The SMILES string of the molecule is O=Cc1c(-c2ccccc2Cl)ccnc1C=C(O)c1ccncc1. The third-order valence-corrected chi connectivity index (χ3v) is 3.88. The average Bonchev–Trinajstić information content (AvgIpc) is 2.62. The number of aliphatic hydroxyl groups excluding tert-OH is 1. The molecule has 2 heterocycles. The number of rotatable bonds is 4. The van der Waals surface area contributed by atoms with Crippen molar-refractivity contribution < 1.29 is 9.90 Å². The van der Waals surface area contributed by atoms with Gasteiger partial charge in [-0.2, -0.15) is 0 Å². The van der Waals surface area contributed by atoms with E-state index in [0.29, 0.717) is 27.4 Å². The predicted octanol–water partition coefficient (Wildman–Crippen LogP) is 4.67. The minimum absolute atomic E-state index is 0.00399. The third kappa shape index (κ3) is 3.19. The number of aliphatic hydroxyl groups is 1. The first kappa shape index (κ1) is 15.9. The summed E-state index contributed by atoms with van der Waals surface area (Å²) >= 11 is 6.23. The van der Waals surface area contributed by atoms with Crippen molar-refractivity contribution in [1.82, 2.24) is 9.97 Å². The van der Waals surface area contributed by atoms with Crippen molar-refractivity contribution in [3.63, 3.8) is 0 Å². The summed E-state index contributed by atoms with van der Waals surface area (Å²) in [6.45, 7) is 0. The monoisotopic (exact) mass is 336 g/mol. The second-order valence-electron chi connectivity index (χ2n) is 5.02. The molecule has 0 saturated heterocycles. The van der Waals surface area contributed by atoms with Crippen LogP contribution in [0.5, 0.6) is 0 Å². The van der Waals surface area contributed by atoms with E-state index in [4.69, 9.17) is 11.6 Å². The normalized spacial score (nSPS) is 11.3. The number of pyridine rings is 2. The minimum Gasteiger partial charge on any atom is -0.507 e. The van der Waals surface area contributed by atoms with E-state index < -0.39 is 0 Å². The fourth-order valence-corrected chi connectivity index (χ4v) is 2.62. The van der Waals surface area contributed by atoms with Crippen molar-refractivity contribution in [2.24, 2.45) is 0 Å². The second-order valence-corrected chi connectivity index (χ2v) is 5.43. The highest BCUT2D eigenvalue weighted by molar-refractivity contribution is 6.33. The van der Waals surface area contributed by atoms with E-state index in [1.54, 1.807) is 42.9 Å². The quantitative estimate of drug-likeness (QED) is 0.555. The minimum atomic E-state index is 0.00399. The Kier molecular flexibility index (Phi) is 4.68. The van der Waals surface area contributed by atoms with Crippen molar-refractivity contribution >= 4 is 29.7 Å². The van der Waals surface area contributed by atoms with E-state index in [9.17, 15) is 9.90 Å². The highest BCUT2D eigenvalue weighted by atomic mass is 35.5. The zero-order valence-corrected chi connectivity index (χ0v) is 13.3. The maximum atomic E-state index is 11.6. The Bertz CT molecular complexity index is 908. The van der Waals surface area contributed by atoms with Crippen LogP contribution in [0.1, 0.15) is 21.6 Å². The van der Waals surface area contributed by atoms with Crippen LogP contribution < -0.4 is 0 Å². The first-order chi connectivity index (χ1) is 11.7. The Balaban J connectivity index is 2.12. The molecule has 0 saturated carbocycles. The molecule has 2 aromatic heterocycles. The molecule has 0 aliphatic heterocycles. The predicted molar refractivity (Wildman–Crippen MR) is 94.8 cm³/mol. The summed E-state index contributed by atoms with van der Waals surface area (Å²) in [4.78, 5) is 19.8. The fraction of sp³-hybridized carbons (Fsp3) is 0. The number of hydrogen-bond donors (Lipinski definition) is 1. The molecule has 1 aromatic carbocycles. The number of aldehydes is 1. The van der Waals surface area contributed by atoms with Gasteiger partial charge in [0.1, 0.15) is 5.76 Å². The molecule has 0 fully saturated rings. The third-order valence-electron chi connectivity index (χ3n) is 3.55. The van der Waals surface area contributed by atoms with E-state index in [2.05, 4.69) is 9.97 Å². The molecule has 3 aromatic rings. The zero-order valence-electron chi connectivity index (χ0n) is 12.6. The number of aromatic nitrogens is 2. The van der Waals surface area contributed by atoms with Crippen molar-refractivity contribution in [3.8, 4) is 11.1 Å². The smallest absolute Gasteiger partial charge is 0.152 e. The van der Waals surface area contributed by atoms with Crippen LogP contribution in [0.3, 0.4) is 0 Å². The number of carbonyl (C=O) groups excluding carboxylic acids is 1. The summed E-state index contributed by atoms with van der Waals surface area (Å²) in [7, 11) is 0. The molecule has 24 heavy (non-hydrogen) atoms. The van der Waals surface area contributed by atoms with Gasteiger partial charge in [0.15, 0.2) is 6.29 Å². The average molecular weight is 337 g/mol. The fourth-order valence-electron chi connectivity index (χ4n) is 2.38. The molecule has 5 heteroatoms. The first-order valence-corrected chi connectivity index (χ1v) is 7.58. The molecule has 0 radical (unpaired) electrons. The first-order valence-electron chi connectivity index (χ1n) is 7.21. The number of nitrogens with zero attached hydrogens (tertiary/aromatic N) is 2. The Morgan fingerprint density at radius 1 is 1.00 bits per heavy atom. The zero-order chi connectivity index (χ0) is 16.9. The molecule has 4 nitrogen and oxygen atoms in total. The van der Waals surface area contributed by atoms with E-state index >= 15 is 0 Å². The van der Waals surface area contributed by atoms with Gasteiger partial charge in [-0.05, 0) is 29.8 Å². The lowest BCUT2D eigenvalue weighted by atomic mass is 9.99. The van der Waals surface area contributed by atoms with Crippen LogP contribution in [0.4, 0.5) is 0 Å². The second kappa shape index (κ2) is 7.06. The van der Waals surface area contributed by atoms with Gasteiger partial charge in [-0.3, -0.25) is 14.8 Å². The van der Waals surface area contributed by atoms with Crippen LogP contribution in [-0.2, 0) is 0 Å². The van der Waals surface area contributed by atoms with E-state index in [-0.39, 0.29) is 5.76 Å². The van der Waals surface area contributed by atoms with E-state index in [1.807, 2.05) is 18.2 Å². The molecule has 0 aliphatic rings. The van der Waals surface area contributed by atoms with Crippen LogP contribution in [0, 0.1) is 0 Å². The molecule has 0 aliphatic carbocycles. The van der Waals surface area contributed by atoms with Crippen molar-refractivity contribution in [1.29, 1.82) is 0 Å². The number of halogens is 1. The lowest BCUT2D eigenvalue weighted by Crippen LogP contribution is -1.96. The van der Waals surface area contributed by atoms with E-state index in [1.165, 1.54) is 6.08 Å². The highest BCUT2D eigenvalue weighted by Gasteiger charge is 2.12. The summed E-state index contributed by atoms with van der Waals surface area (Å²) in [5, 5.41) is 10.8. The van der Waals surface area contributed by atoms with Crippen molar-refractivity contribution in [2.45, 2.75) is 0 Å². The van der Waals surface area contributed by atoms with E-state index in [0.717, 1.165) is 11.8 Å².